The van der Waals surface area contributed by atoms with Crippen molar-refractivity contribution in [1.29, 1.82) is 0 Å². The number of ether oxygens (including phenoxy) is 1. The van der Waals surface area contributed by atoms with Crippen LogP contribution < -0.4 is 0 Å². The Morgan fingerprint density at radius 3 is 2.62 bits per heavy atom. The summed E-state index contributed by atoms with van der Waals surface area (Å²) in [5.41, 5.74) is 1.07. The smallest absolute Gasteiger partial charge is 0.112 e. The first-order chi connectivity index (χ1) is 7.87. The maximum absolute atomic E-state index is 6.19. The molecule has 1 aliphatic carbocycles. The highest BCUT2D eigenvalue weighted by atomic mass is 35.5. The lowest BCUT2D eigenvalue weighted by Crippen LogP contribution is -2.59. The van der Waals surface area contributed by atoms with E-state index in [4.69, 9.17) is 16.3 Å². The van der Waals surface area contributed by atoms with E-state index in [9.17, 15) is 0 Å². The average Bonchev–Trinajstić information content (AvgIpc) is 2.33. The normalized spacial score (nSPS) is 37.6. The predicted octanol–water partition coefficient (Wildman–Crippen LogP) is 3.71. The maximum Gasteiger partial charge on any atom is 0.112 e. The lowest BCUT2D eigenvalue weighted by atomic mass is 9.67. The number of fused-ring (bicyclic) bond motifs is 1. The molecular formula is C14H17ClO. The van der Waals surface area contributed by atoms with Crippen LogP contribution in [0.2, 0.25) is 0 Å². The summed E-state index contributed by atoms with van der Waals surface area (Å²) in [6, 6.07) is 10.5. The van der Waals surface area contributed by atoms with E-state index in [1.54, 1.807) is 0 Å². The molecular weight excluding hydrogens is 220 g/mol. The quantitative estimate of drug-likeness (QED) is 0.712. The molecule has 0 radical (unpaired) electrons. The number of hydrogen-bond acceptors (Lipinski definition) is 1. The molecule has 3 atom stereocenters. The van der Waals surface area contributed by atoms with Crippen LogP contribution in [0.3, 0.4) is 0 Å². The molecule has 0 N–H and O–H groups in total. The Hall–Kier alpha value is -0.530. The SMILES string of the molecule is ClCC1(c2ccccc2)O[C@@H]2CCCC[C@@H]21. The van der Waals surface area contributed by atoms with Crippen LogP contribution in [0.1, 0.15) is 31.2 Å². The monoisotopic (exact) mass is 236 g/mol. The maximum atomic E-state index is 6.19. The topological polar surface area (TPSA) is 9.23 Å². The van der Waals surface area contributed by atoms with E-state index in [0.717, 1.165) is 0 Å². The van der Waals surface area contributed by atoms with Gasteiger partial charge in [-0.1, -0.05) is 43.2 Å². The van der Waals surface area contributed by atoms with E-state index in [1.807, 2.05) is 6.07 Å². The Labute approximate surface area is 102 Å². The van der Waals surface area contributed by atoms with E-state index in [-0.39, 0.29) is 5.60 Å². The zero-order valence-electron chi connectivity index (χ0n) is 9.36. The molecule has 86 valence electrons. The lowest BCUT2D eigenvalue weighted by Gasteiger charge is -2.56. The summed E-state index contributed by atoms with van der Waals surface area (Å²) < 4.78 is 6.13. The third-order valence-electron chi connectivity index (χ3n) is 4.12. The molecule has 1 unspecified atom stereocenters. The predicted molar refractivity (Wildman–Crippen MR) is 65.7 cm³/mol. The molecule has 1 aromatic carbocycles. The van der Waals surface area contributed by atoms with Crippen molar-refractivity contribution in [1.82, 2.24) is 0 Å². The van der Waals surface area contributed by atoms with Gasteiger partial charge in [-0.15, -0.1) is 11.6 Å². The minimum absolute atomic E-state index is 0.187. The first-order valence-electron chi connectivity index (χ1n) is 6.16. The number of benzene rings is 1. The van der Waals surface area contributed by atoms with Gasteiger partial charge < -0.3 is 4.74 Å². The van der Waals surface area contributed by atoms with E-state index in [2.05, 4.69) is 24.3 Å². The summed E-state index contributed by atoms with van der Waals surface area (Å²) in [6.45, 7) is 0. The highest BCUT2D eigenvalue weighted by Gasteiger charge is 2.56. The zero-order chi connectivity index (χ0) is 11.0. The van der Waals surface area contributed by atoms with Gasteiger partial charge in [0.25, 0.3) is 0 Å². The van der Waals surface area contributed by atoms with E-state index in [1.165, 1.54) is 31.2 Å². The Kier molecular flexibility index (Phi) is 2.68. The molecule has 16 heavy (non-hydrogen) atoms. The van der Waals surface area contributed by atoms with Gasteiger partial charge in [0, 0.05) is 5.92 Å². The third-order valence-corrected chi connectivity index (χ3v) is 4.52. The Balaban J connectivity index is 1.91. The van der Waals surface area contributed by atoms with Crippen LogP contribution in [0.4, 0.5) is 0 Å². The molecule has 3 rings (SSSR count). The number of rotatable bonds is 2. The molecule has 1 heterocycles. The van der Waals surface area contributed by atoms with Gasteiger partial charge in [-0.2, -0.15) is 0 Å². The van der Waals surface area contributed by atoms with Crippen molar-refractivity contribution in [3.05, 3.63) is 35.9 Å². The number of halogens is 1. The highest BCUT2D eigenvalue weighted by Crippen LogP contribution is 2.53. The third kappa shape index (κ3) is 1.42. The number of hydrogen-bond donors (Lipinski definition) is 0. The van der Waals surface area contributed by atoms with Gasteiger partial charge in [0.05, 0.1) is 12.0 Å². The molecule has 2 aliphatic rings. The Morgan fingerprint density at radius 2 is 1.94 bits per heavy atom. The van der Waals surface area contributed by atoms with Crippen LogP contribution in [0.25, 0.3) is 0 Å². The van der Waals surface area contributed by atoms with Crippen molar-refractivity contribution in [2.45, 2.75) is 37.4 Å². The zero-order valence-corrected chi connectivity index (χ0v) is 10.1. The number of alkyl halides is 1. The van der Waals surface area contributed by atoms with Gasteiger partial charge in [0.2, 0.25) is 0 Å². The van der Waals surface area contributed by atoms with Crippen LogP contribution in [0, 0.1) is 5.92 Å². The lowest BCUT2D eigenvalue weighted by molar-refractivity contribution is -0.270. The van der Waals surface area contributed by atoms with Crippen LogP contribution in [0.15, 0.2) is 30.3 Å². The highest BCUT2D eigenvalue weighted by molar-refractivity contribution is 6.18. The molecule has 0 amide bonds. The van der Waals surface area contributed by atoms with Crippen LogP contribution in [-0.4, -0.2) is 12.0 Å². The standard InChI is InChI=1S/C14H17ClO/c15-10-14(11-6-2-1-3-7-11)12-8-4-5-9-13(12)16-14/h1-3,6-7,12-13H,4-5,8-10H2/t12-,13+,14?/m0/s1. The van der Waals surface area contributed by atoms with Crippen molar-refractivity contribution >= 4 is 11.6 Å². The van der Waals surface area contributed by atoms with E-state index in [0.29, 0.717) is 17.9 Å². The van der Waals surface area contributed by atoms with Gasteiger partial charge >= 0.3 is 0 Å². The molecule has 1 aliphatic heterocycles. The summed E-state index contributed by atoms with van der Waals surface area (Å²) in [6.07, 6.45) is 5.60. The van der Waals surface area contributed by atoms with E-state index >= 15 is 0 Å². The van der Waals surface area contributed by atoms with Crippen molar-refractivity contribution in [2.24, 2.45) is 5.92 Å². The second kappa shape index (κ2) is 4.05. The van der Waals surface area contributed by atoms with E-state index < -0.39 is 0 Å². The molecule has 2 heteroatoms. The fourth-order valence-corrected chi connectivity index (χ4v) is 3.68. The minimum Gasteiger partial charge on any atom is -0.365 e. The van der Waals surface area contributed by atoms with Gasteiger partial charge in [0.1, 0.15) is 5.60 Å². The fourth-order valence-electron chi connectivity index (χ4n) is 3.27. The summed E-state index contributed by atoms with van der Waals surface area (Å²) in [4.78, 5) is 0. The van der Waals surface area contributed by atoms with Gasteiger partial charge in [0.15, 0.2) is 0 Å². The molecule has 2 fully saturated rings. The largest absolute Gasteiger partial charge is 0.365 e. The van der Waals surface area contributed by atoms with Crippen molar-refractivity contribution in [3.8, 4) is 0 Å². The van der Waals surface area contributed by atoms with Gasteiger partial charge in [-0.05, 0) is 18.4 Å². The Morgan fingerprint density at radius 1 is 1.19 bits per heavy atom. The van der Waals surface area contributed by atoms with Crippen LogP contribution in [0.5, 0.6) is 0 Å². The van der Waals surface area contributed by atoms with Crippen molar-refractivity contribution < 1.29 is 4.74 Å². The molecule has 1 saturated carbocycles. The summed E-state index contributed by atoms with van der Waals surface area (Å²) in [7, 11) is 0. The first-order valence-corrected chi connectivity index (χ1v) is 6.69. The van der Waals surface area contributed by atoms with Gasteiger partial charge in [-0.3, -0.25) is 0 Å². The molecule has 1 aromatic rings. The molecule has 0 aromatic heterocycles. The summed E-state index contributed by atoms with van der Waals surface area (Å²) >= 11 is 6.19. The summed E-state index contributed by atoms with van der Waals surface area (Å²) in [5.74, 6) is 1.22. The van der Waals surface area contributed by atoms with Crippen molar-refractivity contribution in [3.63, 3.8) is 0 Å². The van der Waals surface area contributed by atoms with Crippen LogP contribution >= 0.6 is 11.6 Å². The minimum atomic E-state index is -0.187. The van der Waals surface area contributed by atoms with Gasteiger partial charge in [-0.25, -0.2) is 0 Å². The second-order valence-electron chi connectivity index (χ2n) is 4.94. The summed E-state index contributed by atoms with van der Waals surface area (Å²) in [5, 5.41) is 0. The Bertz CT molecular complexity index is 364. The molecule has 1 nitrogen and oxygen atoms in total. The average molecular weight is 237 g/mol. The molecule has 0 bridgehead atoms. The first kappa shape index (κ1) is 10.6. The molecule has 0 spiro atoms. The second-order valence-corrected chi connectivity index (χ2v) is 5.20. The molecule has 1 saturated heterocycles. The van der Waals surface area contributed by atoms with Crippen LogP contribution in [-0.2, 0) is 10.3 Å². The fraction of sp³-hybridized carbons (Fsp3) is 0.571. The van der Waals surface area contributed by atoms with Crippen molar-refractivity contribution in [2.75, 3.05) is 5.88 Å².